The SMILES string of the molecule is CC(=N)CC(=O)OCCN(C)Cc1ccc(F)cc1. The molecule has 1 N–H and O–H groups in total. The summed E-state index contributed by atoms with van der Waals surface area (Å²) in [5, 5.41) is 7.17. The van der Waals surface area contributed by atoms with Crippen molar-refractivity contribution in [3.05, 3.63) is 35.6 Å². The first-order valence-electron chi connectivity index (χ1n) is 6.10. The molecule has 0 aromatic heterocycles. The normalized spacial score (nSPS) is 10.5. The van der Waals surface area contributed by atoms with Crippen LogP contribution in [0.2, 0.25) is 0 Å². The molecule has 0 aliphatic heterocycles. The van der Waals surface area contributed by atoms with E-state index in [1.54, 1.807) is 19.1 Å². The smallest absolute Gasteiger partial charge is 0.311 e. The lowest BCUT2D eigenvalue weighted by molar-refractivity contribution is -0.142. The van der Waals surface area contributed by atoms with Crippen molar-refractivity contribution in [2.45, 2.75) is 19.9 Å². The summed E-state index contributed by atoms with van der Waals surface area (Å²) in [6.07, 6.45) is 0.0433. The van der Waals surface area contributed by atoms with Crippen molar-refractivity contribution in [3.63, 3.8) is 0 Å². The molecule has 0 fully saturated rings. The summed E-state index contributed by atoms with van der Waals surface area (Å²) in [4.78, 5) is 13.2. The molecule has 104 valence electrons. The van der Waals surface area contributed by atoms with Crippen molar-refractivity contribution in [1.29, 1.82) is 5.41 Å². The van der Waals surface area contributed by atoms with Crippen molar-refractivity contribution < 1.29 is 13.9 Å². The number of carbonyl (C=O) groups excluding carboxylic acids is 1. The predicted molar refractivity (Wildman–Crippen MR) is 71.7 cm³/mol. The summed E-state index contributed by atoms with van der Waals surface area (Å²) >= 11 is 0. The van der Waals surface area contributed by atoms with Crippen LogP contribution in [0.1, 0.15) is 18.9 Å². The van der Waals surface area contributed by atoms with Gasteiger partial charge in [0.05, 0.1) is 6.42 Å². The van der Waals surface area contributed by atoms with Crippen LogP contribution in [-0.2, 0) is 16.1 Å². The molecule has 5 heteroatoms. The third-order valence-corrected chi connectivity index (χ3v) is 2.51. The molecular formula is C14H19FN2O2. The summed E-state index contributed by atoms with van der Waals surface area (Å²) in [5.74, 6) is -0.620. The zero-order valence-electron chi connectivity index (χ0n) is 11.3. The fourth-order valence-electron chi connectivity index (χ4n) is 1.56. The second-order valence-electron chi connectivity index (χ2n) is 4.54. The Morgan fingerprint density at radius 2 is 2.00 bits per heavy atom. The average molecular weight is 266 g/mol. The highest BCUT2D eigenvalue weighted by atomic mass is 19.1. The number of hydrogen-bond donors (Lipinski definition) is 1. The zero-order valence-corrected chi connectivity index (χ0v) is 11.3. The monoisotopic (exact) mass is 266 g/mol. The second-order valence-corrected chi connectivity index (χ2v) is 4.54. The maximum absolute atomic E-state index is 12.7. The van der Waals surface area contributed by atoms with Crippen molar-refractivity contribution in [2.75, 3.05) is 20.2 Å². The number of carbonyl (C=O) groups is 1. The summed E-state index contributed by atoms with van der Waals surface area (Å²) in [7, 11) is 1.90. The largest absolute Gasteiger partial charge is 0.464 e. The first kappa shape index (κ1) is 15.3. The Balaban J connectivity index is 2.24. The topological polar surface area (TPSA) is 53.4 Å². The van der Waals surface area contributed by atoms with E-state index < -0.39 is 0 Å². The van der Waals surface area contributed by atoms with Crippen molar-refractivity contribution >= 4 is 11.7 Å². The zero-order chi connectivity index (χ0) is 14.3. The Morgan fingerprint density at radius 3 is 2.58 bits per heavy atom. The van der Waals surface area contributed by atoms with Gasteiger partial charge < -0.3 is 10.1 Å². The number of ether oxygens (including phenoxy) is 1. The van der Waals surface area contributed by atoms with Crippen molar-refractivity contribution in [1.82, 2.24) is 4.90 Å². The Morgan fingerprint density at radius 1 is 1.37 bits per heavy atom. The molecule has 1 aromatic rings. The highest BCUT2D eigenvalue weighted by Crippen LogP contribution is 2.05. The lowest BCUT2D eigenvalue weighted by atomic mass is 10.2. The molecule has 0 aliphatic rings. The van der Waals surface area contributed by atoms with Gasteiger partial charge in [-0.15, -0.1) is 0 Å². The second kappa shape index (κ2) is 7.63. The minimum Gasteiger partial charge on any atom is -0.464 e. The fraction of sp³-hybridized carbons (Fsp3) is 0.429. The number of halogens is 1. The number of hydrogen-bond acceptors (Lipinski definition) is 4. The molecule has 19 heavy (non-hydrogen) atoms. The minimum atomic E-state index is -0.373. The van der Waals surface area contributed by atoms with Crippen LogP contribution in [0, 0.1) is 11.2 Å². The lowest BCUT2D eigenvalue weighted by Gasteiger charge is -2.16. The van der Waals surface area contributed by atoms with E-state index >= 15 is 0 Å². The highest BCUT2D eigenvalue weighted by Gasteiger charge is 2.05. The van der Waals surface area contributed by atoms with Gasteiger partial charge in [-0.3, -0.25) is 9.69 Å². The molecule has 0 atom stereocenters. The molecule has 0 spiro atoms. The number of benzene rings is 1. The fourth-order valence-corrected chi connectivity index (χ4v) is 1.56. The molecule has 0 saturated heterocycles. The van der Waals surface area contributed by atoms with Gasteiger partial charge in [0.2, 0.25) is 0 Å². The molecule has 0 radical (unpaired) electrons. The quantitative estimate of drug-likeness (QED) is 0.608. The van der Waals surface area contributed by atoms with Crippen LogP contribution in [0.25, 0.3) is 0 Å². The summed E-state index contributed by atoms with van der Waals surface area (Å²) < 4.78 is 17.7. The Labute approximate surface area is 112 Å². The van der Waals surface area contributed by atoms with Gasteiger partial charge in [0.15, 0.2) is 0 Å². The maximum Gasteiger partial charge on any atom is 0.311 e. The van der Waals surface area contributed by atoms with Crippen LogP contribution in [0.4, 0.5) is 4.39 Å². The Kier molecular flexibility index (Phi) is 6.15. The number of esters is 1. The number of likely N-dealkylation sites (N-methyl/N-ethyl adjacent to an activating group) is 1. The third kappa shape index (κ3) is 6.67. The van der Waals surface area contributed by atoms with Crippen LogP contribution in [-0.4, -0.2) is 36.8 Å². The van der Waals surface area contributed by atoms with E-state index in [1.165, 1.54) is 12.1 Å². The average Bonchev–Trinajstić information content (AvgIpc) is 2.31. The first-order chi connectivity index (χ1) is 8.97. The van der Waals surface area contributed by atoms with E-state index in [4.69, 9.17) is 10.1 Å². The number of nitrogens with one attached hydrogen (secondary N) is 1. The van der Waals surface area contributed by atoms with Crippen LogP contribution >= 0.6 is 0 Å². The van der Waals surface area contributed by atoms with E-state index in [9.17, 15) is 9.18 Å². The Hall–Kier alpha value is -1.75. The van der Waals surface area contributed by atoms with Crippen molar-refractivity contribution in [2.24, 2.45) is 0 Å². The third-order valence-electron chi connectivity index (χ3n) is 2.51. The first-order valence-corrected chi connectivity index (χ1v) is 6.10. The summed E-state index contributed by atoms with van der Waals surface area (Å²) in [6.45, 7) is 3.13. The Bertz CT molecular complexity index is 432. The molecule has 1 aromatic carbocycles. The standard InChI is InChI=1S/C14H19FN2O2/c1-11(16)9-14(18)19-8-7-17(2)10-12-3-5-13(15)6-4-12/h3-6,16H,7-10H2,1-2H3. The van der Waals surface area contributed by atoms with Crippen LogP contribution in [0.15, 0.2) is 24.3 Å². The molecular weight excluding hydrogens is 247 g/mol. The molecule has 0 bridgehead atoms. The van der Waals surface area contributed by atoms with Gasteiger partial charge in [-0.05, 0) is 31.7 Å². The van der Waals surface area contributed by atoms with Crippen molar-refractivity contribution in [3.8, 4) is 0 Å². The van der Waals surface area contributed by atoms with Crippen LogP contribution < -0.4 is 0 Å². The maximum atomic E-state index is 12.7. The summed E-state index contributed by atoms with van der Waals surface area (Å²) in [6, 6.07) is 6.32. The predicted octanol–water partition coefficient (Wildman–Crippen LogP) is 2.23. The van der Waals surface area contributed by atoms with E-state index in [2.05, 4.69) is 0 Å². The van der Waals surface area contributed by atoms with Gasteiger partial charge in [0.1, 0.15) is 12.4 Å². The van der Waals surface area contributed by atoms with Gasteiger partial charge in [0, 0.05) is 18.8 Å². The van der Waals surface area contributed by atoms with Gasteiger partial charge in [-0.1, -0.05) is 12.1 Å². The van der Waals surface area contributed by atoms with E-state index in [1.807, 2.05) is 11.9 Å². The molecule has 0 aliphatic carbocycles. The van der Waals surface area contributed by atoms with Gasteiger partial charge in [0.25, 0.3) is 0 Å². The van der Waals surface area contributed by atoms with Gasteiger partial charge in [-0.2, -0.15) is 0 Å². The highest BCUT2D eigenvalue weighted by molar-refractivity contribution is 5.95. The lowest BCUT2D eigenvalue weighted by Crippen LogP contribution is -2.24. The summed E-state index contributed by atoms with van der Waals surface area (Å²) in [5.41, 5.74) is 1.30. The number of rotatable bonds is 7. The molecule has 0 saturated carbocycles. The van der Waals surface area contributed by atoms with Crippen LogP contribution in [0.3, 0.4) is 0 Å². The number of nitrogens with zero attached hydrogens (tertiary/aromatic N) is 1. The molecule has 4 nitrogen and oxygen atoms in total. The minimum absolute atomic E-state index is 0.0433. The molecule has 0 unspecified atom stereocenters. The van der Waals surface area contributed by atoms with E-state index in [0.29, 0.717) is 25.4 Å². The van der Waals surface area contributed by atoms with E-state index in [0.717, 1.165) is 5.56 Å². The molecule has 0 amide bonds. The molecule has 0 heterocycles. The van der Waals surface area contributed by atoms with Crippen LogP contribution in [0.5, 0.6) is 0 Å². The van der Waals surface area contributed by atoms with Gasteiger partial charge in [-0.25, -0.2) is 4.39 Å². The van der Waals surface area contributed by atoms with Gasteiger partial charge >= 0.3 is 5.97 Å². The molecule has 1 rings (SSSR count). The van der Waals surface area contributed by atoms with E-state index in [-0.39, 0.29) is 18.2 Å².